The number of benzene rings is 1. The molecular formula is C11H12FN3S. The van der Waals surface area contributed by atoms with E-state index in [2.05, 4.69) is 14.9 Å². The maximum absolute atomic E-state index is 13.7. The van der Waals surface area contributed by atoms with Crippen molar-refractivity contribution in [3.63, 3.8) is 0 Å². The second-order valence-electron chi connectivity index (χ2n) is 3.34. The van der Waals surface area contributed by atoms with Crippen molar-refractivity contribution in [3.05, 3.63) is 46.7 Å². The van der Waals surface area contributed by atoms with Gasteiger partial charge >= 0.3 is 0 Å². The zero-order valence-electron chi connectivity index (χ0n) is 8.85. The molecule has 0 spiro atoms. The second-order valence-corrected chi connectivity index (χ2v) is 3.95. The predicted octanol–water partition coefficient (Wildman–Crippen LogP) is 2.38. The molecule has 1 unspecified atom stereocenters. The molecule has 1 N–H and O–H groups in total. The average molecular weight is 237 g/mol. The first-order valence-corrected chi connectivity index (χ1v) is 5.91. The highest BCUT2D eigenvalue weighted by atomic mass is 32.1. The predicted molar refractivity (Wildman–Crippen MR) is 61.8 cm³/mol. The van der Waals surface area contributed by atoms with E-state index >= 15 is 0 Å². The minimum Gasteiger partial charge on any atom is -0.305 e. The lowest BCUT2D eigenvalue weighted by atomic mass is 10.0. The third kappa shape index (κ3) is 2.25. The summed E-state index contributed by atoms with van der Waals surface area (Å²) >= 11 is 1.27. The SMILES string of the molecule is CCNC(c1csnn1)c1ccccc1F. The van der Waals surface area contributed by atoms with Gasteiger partial charge in [0.15, 0.2) is 0 Å². The lowest BCUT2D eigenvalue weighted by Crippen LogP contribution is -2.23. The molecule has 0 radical (unpaired) electrons. The van der Waals surface area contributed by atoms with E-state index in [1.807, 2.05) is 18.4 Å². The van der Waals surface area contributed by atoms with Crippen molar-refractivity contribution >= 4 is 11.5 Å². The molecule has 1 heterocycles. The molecule has 2 rings (SSSR count). The van der Waals surface area contributed by atoms with Crippen LogP contribution < -0.4 is 5.32 Å². The van der Waals surface area contributed by atoms with E-state index in [0.29, 0.717) is 5.56 Å². The molecule has 0 saturated heterocycles. The number of hydrogen-bond donors (Lipinski definition) is 1. The van der Waals surface area contributed by atoms with Crippen LogP contribution >= 0.6 is 11.5 Å². The maximum atomic E-state index is 13.7. The highest BCUT2D eigenvalue weighted by molar-refractivity contribution is 7.03. The van der Waals surface area contributed by atoms with Gasteiger partial charge in [0.1, 0.15) is 5.82 Å². The molecule has 16 heavy (non-hydrogen) atoms. The Labute approximate surface area is 97.5 Å². The largest absolute Gasteiger partial charge is 0.305 e. The first-order chi connectivity index (χ1) is 7.83. The molecule has 0 fully saturated rings. The highest BCUT2D eigenvalue weighted by Crippen LogP contribution is 2.23. The Hall–Kier alpha value is -1.33. The number of hydrogen-bond acceptors (Lipinski definition) is 4. The Kier molecular flexibility index (Phi) is 3.58. The molecule has 0 aliphatic heterocycles. The molecule has 1 aromatic carbocycles. The van der Waals surface area contributed by atoms with Gasteiger partial charge in [-0.15, -0.1) is 5.10 Å². The Bertz CT molecular complexity index is 444. The number of rotatable bonds is 4. The first kappa shape index (κ1) is 11.2. The van der Waals surface area contributed by atoms with Gasteiger partial charge in [-0.1, -0.05) is 29.6 Å². The summed E-state index contributed by atoms with van der Waals surface area (Å²) in [5.74, 6) is -0.221. The monoisotopic (exact) mass is 237 g/mol. The maximum Gasteiger partial charge on any atom is 0.128 e. The van der Waals surface area contributed by atoms with E-state index in [0.717, 1.165) is 12.2 Å². The number of halogens is 1. The molecule has 0 bridgehead atoms. The molecule has 0 aliphatic carbocycles. The van der Waals surface area contributed by atoms with Crippen LogP contribution in [0.25, 0.3) is 0 Å². The van der Waals surface area contributed by atoms with Gasteiger partial charge in [0.25, 0.3) is 0 Å². The summed E-state index contributed by atoms with van der Waals surface area (Å²) in [6.07, 6.45) is 0. The average Bonchev–Trinajstić information content (AvgIpc) is 2.80. The fourth-order valence-electron chi connectivity index (χ4n) is 1.58. The van der Waals surface area contributed by atoms with E-state index in [9.17, 15) is 4.39 Å². The van der Waals surface area contributed by atoms with E-state index < -0.39 is 0 Å². The van der Waals surface area contributed by atoms with E-state index in [1.165, 1.54) is 17.6 Å². The van der Waals surface area contributed by atoms with Crippen molar-refractivity contribution in [2.24, 2.45) is 0 Å². The van der Waals surface area contributed by atoms with Crippen LogP contribution in [0.4, 0.5) is 4.39 Å². The quantitative estimate of drug-likeness (QED) is 0.887. The lowest BCUT2D eigenvalue weighted by Gasteiger charge is -2.16. The normalized spacial score (nSPS) is 12.6. The number of aromatic nitrogens is 2. The summed E-state index contributed by atoms with van der Waals surface area (Å²) in [6.45, 7) is 2.73. The van der Waals surface area contributed by atoms with Gasteiger partial charge in [-0.3, -0.25) is 0 Å². The van der Waals surface area contributed by atoms with Gasteiger partial charge in [0.2, 0.25) is 0 Å². The molecule has 1 atom stereocenters. The summed E-state index contributed by atoms with van der Waals surface area (Å²) in [7, 11) is 0. The fourth-order valence-corrected chi connectivity index (χ4v) is 2.06. The van der Waals surface area contributed by atoms with Crippen LogP contribution in [0.3, 0.4) is 0 Å². The third-order valence-electron chi connectivity index (χ3n) is 2.30. The van der Waals surface area contributed by atoms with E-state index in [1.54, 1.807) is 12.1 Å². The molecule has 84 valence electrons. The highest BCUT2D eigenvalue weighted by Gasteiger charge is 2.18. The van der Waals surface area contributed by atoms with Crippen molar-refractivity contribution in [1.82, 2.24) is 14.9 Å². The van der Waals surface area contributed by atoms with E-state index in [-0.39, 0.29) is 11.9 Å². The summed E-state index contributed by atoms with van der Waals surface area (Å²) in [5, 5.41) is 9.03. The molecule has 1 aromatic heterocycles. The van der Waals surface area contributed by atoms with Crippen molar-refractivity contribution in [3.8, 4) is 0 Å². The Morgan fingerprint density at radius 2 is 2.25 bits per heavy atom. The van der Waals surface area contributed by atoms with Crippen molar-refractivity contribution in [1.29, 1.82) is 0 Å². The topological polar surface area (TPSA) is 37.8 Å². The zero-order chi connectivity index (χ0) is 11.4. The molecule has 5 heteroatoms. The van der Waals surface area contributed by atoms with Crippen LogP contribution in [0.5, 0.6) is 0 Å². The summed E-state index contributed by atoms with van der Waals surface area (Å²) in [4.78, 5) is 0. The van der Waals surface area contributed by atoms with Crippen LogP contribution in [0.1, 0.15) is 24.2 Å². The zero-order valence-corrected chi connectivity index (χ0v) is 9.67. The molecular weight excluding hydrogens is 225 g/mol. The molecule has 3 nitrogen and oxygen atoms in total. The van der Waals surface area contributed by atoms with Gasteiger partial charge < -0.3 is 5.32 Å². The Morgan fingerprint density at radius 1 is 1.44 bits per heavy atom. The lowest BCUT2D eigenvalue weighted by molar-refractivity contribution is 0.551. The minimum atomic E-state index is -0.221. The second kappa shape index (κ2) is 5.14. The van der Waals surface area contributed by atoms with Gasteiger partial charge in [0, 0.05) is 10.9 Å². The molecule has 0 saturated carbocycles. The number of nitrogens with zero attached hydrogens (tertiary/aromatic N) is 2. The van der Waals surface area contributed by atoms with Crippen molar-refractivity contribution in [2.75, 3.05) is 6.54 Å². The number of nitrogens with one attached hydrogen (secondary N) is 1. The minimum absolute atomic E-state index is 0.218. The Balaban J connectivity index is 2.37. The van der Waals surface area contributed by atoms with Crippen LogP contribution in [-0.2, 0) is 0 Å². The smallest absolute Gasteiger partial charge is 0.128 e. The van der Waals surface area contributed by atoms with Gasteiger partial charge in [-0.25, -0.2) is 4.39 Å². The molecule has 2 aromatic rings. The summed E-state index contributed by atoms with van der Waals surface area (Å²) in [5.41, 5.74) is 1.37. The van der Waals surface area contributed by atoms with Crippen molar-refractivity contribution < 1.29 is 4.39 Å². The van der Waals surface area contributed by atoms with Gasteiger partial charge in [-0.05, 0) is 24.1 Å². The Morgan fingerprint density at radius 3 is 2.88 bits per heavy atom. The standard InChI is InChI=1S/C11H12FN3S/c1-2-13-11(10-7-16-15-14-10)8-5-3-4-6-9(8)12/h3-7,11,13H,2H2,1H3. The fraction of sp³-hybridized carbons (Fsp3) is 0.273. The van der Waals surface area contributed by atoms with Gasteiger partial charge in [0.05, 0.1) is 11.7 Å². The van der Waals surface area contributed by atoms with Crippen LogP contribution in [0.15, 0.2) is 29.6 Å². The van der Waals surface area contributed by atoms with Crippen LogP contribution in [-0.4, -0.2) is 16.1 Å². The van der Waals surface area contributed by atoms with Crippen LogP contribution in [0, 0.1) is 5.82 Å². The van der Waals surface area contributed by atoms with Crippen molar-refractivity contribution in [2.45, 2.75) is 13.0 Å². The molecule has 0 aliphatic rings. The third-order valence-corrected chi connectivity index (χ3v) is 2.82. The summed E-state index contributed by atoms with van der Waals surface area (Å²) < 4.78 is 17.5. The molecule has 0 amide bonds. The van der Waals surface area contributed by atoms with Gasteiger partial charge in [-0.2, -0.15) is 0 Å². The summed E-state index contributed by atoms with van der Waals surface area (Å²) in [6, 6.07) is 6.51. The van der Waals surface area contributed by atoms with Crippen LogP contribution in [0.2, 0.25) is 0 Å². The first-order valence-electron chi connectivity index (χ1n) is 5.07. The van der Waals surface area contributed by atoms with E-state index in [4.69, 9.17) is 0 Å².